The van der Waals surface area contributed by atoms with Crippen molar-refractivity contribution in [3.63, 3.8) is 0 Å². The van der Waals surface area contributed by atoms with Gasteiger partial charge in [-0.1, -0.05) is 5.16 Å². The van der Waals surface area contributed by atoms with Gasteiger partial charge in [-0.05, 0) is 36.4 Å². The summed E-state index contributed by atoms with van der Waals surface area (Å²) in [6.45, 7) is 0.160. The zero-order chi connectivity index (χ0) is 16.9. The number of rotatable bonds is 5. The zero-order valence-electron chi connectivity index (χ0n) is 12.9. The predicted octanol–water partition coefficient (Wildman–Crippen LogP) is 1.97. The number of ether oxygens (including phenoxy) is 1. The lowest BCUT2D eigenvalue weighted by Gasteiger charge is -2.01. The minimum Gasteiger partial charge on any atom is -0.497 e. The van der Waals surface area contributed by atoms with Crippen molar-refractivity contribution in [1.82, 2.24) is 15.5 Å². The largest absolute Gasteiger partial charge is 0.497 e. The molecule has 0 unspecified atom stereocenters. The summed E-state index contributed by atoms with van der Waals surface area (Å²) in [5.41, 5.74) is 1.02. The van der Waals surface area contributed by atoms with Gasteiger partial charge in [0.15, 0.2) is 5.76 Å². The Balaban J connectivity index is 1.67. The van der Waals surface area contributed by atoms with Crippen molar-refractivity contribution >= 4 is 5.91 Å². The van der Waals surface area contributed by atoms with E-state index < -0.39 is 11.5 Å². The molecule has 24 heavy (non-hydrogen) atoms. The summed E-state index contributed by atoms with van der Waals surface area (Å²) >= 11 is 0. The van der Waals surface area contributed by atoms with Crippen molar-refractivity contribution in [3.05, 3.63) is 70.3 Å². The minimum absolute atomic E-state index is 0.0522. The van der Waals surface area contributed by atoms with Crippen molar-refractivity contribution in [1.29, 1.82) is 0 Å². The summed E-state index contributed by atoms with van der Waals surface area (Å²) in [4.78, 5) is 26.0. The van der Waals surface area contributed by atoms with Gasteiger partial charge in [-0.2, -0.15) is 0 Å². The molecule has 2 heterocycles. The lowest BCUT2D eigenvalue weighted by Crippen LogP contribution is -2.28. The Hall–Kier alpha value is -3.35. The first-order chi connectivity index (χ1) is 11.7. The van der Waals surface area contributed by atoms with Gasteiger partial charge in [0.25, 0.3) is 11.5 Å². The van der Waals surface area contributed by atoms with Gasteiger partial charge in [-0.15, -0.1) is 0 Å². The highest BCUT2D eigenvalue weighted by atomic mass is 16.5. The van der Waals surface area contributed by atoms with Gasteiger partial charge in [0, 0.05) is 17.8 Å². The van der Waals surface area contributed by atoms with Gasteiger partial charge in [0.05, 0.1) is 13.7 Å². The van der Waals surface area contributed by atoms with Gasteiger partial charge in [-0.3, -0.25) is 9.59 Å². The summed E-state index contributed by atoms with van der Waals surface area (Å²) in [6, 6.07) is 12.1. The van der Waals surface area contributed by atoms with Crippen LogP contribution in [0, 0.1) is 0 Å². The first kappa shape index (κ1) is 15.5. The Bertz CT molecular complexity index is 896. The third kappa shape index (κ3) is 3.35. The smallest absolute Gasteiger partial charge is 0.260 e. The number of nitrogens with zero attached hydrogens (tertiary/aromatic N) is 1. The van der Waals surface area contributed by atoms with E-state index >= 15 is 0 Å². The molecule has 0 saturated carbocycles. The number of carbonyl (C=O) groups is 1. The fourth-order valence-electron chi connectivity index (χ4n) is 2.15. The maximum absolute atomic E-state index is 12.0. The number of H-pyrrole nitrogens is 1. The maximum atomic E-state index is 12.0. The van der Waals surface area contributed by atoms with Crippen LogP contribution in [0.15, 0.2) is 58.0 Å². The van der Waals surface area contributed by atoms with Crippen LogP contribution in [0.1, 0.15) is 16.1 Å². The van der Waals surface area contributed by atoms with Crippen LogP contribution in [0.25, 0.3) is 11.3 Å². The van der Waals surface area contributed by atoms with Crippen LogP contribution in [-0.2, 0) is 6.54 Å². The van der Waals surface area contributed by atoms with E-state index in [-0.39, 0.29) is 12.1 Å². The molecule has 122 valence electrons. The van der Waals surface area contributed by atoms with E-state index in [1.165, 1.54) is 12.3 Å². The van der Waals surface area contributed by atoms with Gasteiger partial charge in [-0.25, -0.2) is 0 Å². The molecule has 2 aromatic heterocycles. The summed E-state index contributed by atoms with van der Waals surface area (Å²) in [5.74, 6) is 0.865. The Morgan fingerprint density at radius 1 is 1.29 bits per heavy atom. The Kier molecular flexibility index (Phi) is 4.42. The molecule has 0 spiro atoms. The van der Waals surface area contributed by atoms with E-state index in [1.807, 2.05) is 24.3 Å². The second-order valence-corrected chi connectivity index (χ2v) is 5.01. The van der Waals surface area contributed by atoms with Crippen molar-refractivity contribution in [2.45, 2.75) is 6.54 Å². The number of methoxy groups -OCH3 is 1. The van der Waals surface area contributed by atoms with Crippen molar-refractivity contribution < 1.29 is 14.1 Å². The standard InChI is InChI=1S/C17H15N3O4/c1-23-13-6-4-11(5-7-13)15-9-12(20-24-15)10-19-17(22)14-3-2-8-18-16(14)21/h2-9H,10H2,1H3,(H,18,21)(H,19,22). The summed E-state index contributed by atoms with van der Waals surface area (Å²) in [5, 5.41) is 6.55. The van der Waals surface area contributed by atoms with Crippen LogP contribution in [0.5, 0.6) is 5.75 Å². The molecule has 3 rings (SSSR count). The zero-order valence-corrected chi connectivity index (χ0v) is 12.9. The molecule has 0 aliphatic heterocycles. The average molecular weight is 325 g/mol. The second kappa shape index (κ2) is 6.82. The lowest BCUT2D eigenvalue weighted by atomic mass is 10.1. The average Bonchev–Trinajstić information content (AvgIpc) is 3.09. The van der Waals surface area contributed by atoms with Crippen molar-refractivity contribution in [2.75, 3.05) is 7.11 Å². The topological polar surface area (TPSA) is 97.2 Å². The highest BCUT2D eigenvalue weighted by Gasteiger charge is 2.11. The molecule has 0 radical (unpaired) electrons. The number of benzene rings is 1. The molecular formula is C17H15N3O4. The normalized spacial score (nSPS) is 10.4. The van der Waals surface area contributed by atoms with Crippen molar-refractivity contribution in [2.24, 2.45) is 0 Å². The molecule has 0 aliphatic rings. The van der Waals surface area contributed by atoms with Gasteiger partial charge in [0.1, 0.15) is 17.0 Å². The minimum atomic E-state index is -0.467. The molecule has 0 saturated heterocycles. The molecule has 2 N–H and O–H groups in total. The quantitative estimate of drug-likeness (QED) is 0.747. The number of pyridine rings is 1. The van der Waals surface area contributed by atoms with E-state index in [0.717, 1.165) is 11.3 Å². The number of hydrogen-bond acceptors (Lipinski definition) is 5. The Morgan fingerprint density at radius 2 is 2.08 bits per heavy atom. The van der Waals surface area contributed by atoms with Crippen LogP contribution in [0.3, 0.4) is 0 Å². The molecule has 1 amide bonds. The van der Waals surface area contributed by atoms with E-state index in [2.05, 4.69) is 15.5 Å². The van der Waals surface area contributed by atoms with Crippen molar-refractivity contribution in [3.8, 4) is 17.1 Å². The predicted molar refractivity (Wildman–Crippen MR) is 86.7 cm³/mol. The number of aromatic amines is 1. The molecule has 7 heteroatoms. The summed E-state index contributed by atoms with van der Waals surface area (Å²) in [6.07, 6.45) is 1.47. The molecule has 0 bridgehead atoms. The Labute approximate surface area is 137 Å². The van der Waals surface area contributed by atoms with Crippen LogP contribution in [0.2, 0.25) is 0 Å². The second-order valence-electron chi connectivity index (χ2n) is 5.01. The third-order valence-corrected chi connectivity index (χ3v) is 3.43. The van der Waals surface area contributed by atoms with Crippen LogP contribution < -0.4 is 15.6 Å². The number of carbonyl (C=O) groups excluding carboxylic acids is 1. The molecule has 0 aliphatic carbocycles. The molecule has 1 aromatic carbocycles. The maximum Gasteiger partial charge on any atom is 0.260 e. The van der Waals surface area contributed by atoms with E-state index in [9.17, 15) is 9.59 Å². The van der Waals surface area contributed by atoms with E-state index in [0.29, 0.717) is 11.5 Å². The number of aromatic nitrogens is 2. The van der Waals surface area contributed by atoms with E-state index in [1.54, 1.807) is 19.2 Å². The monoisotopic (exact) mass is 325 g/mol. The molecule has 0 fully saturated rings. The number of nitrogens with one attached hydrogen (secondary N) is 2. The van der Waals surface area contributed by atoms with Crippen LogP contribution >= 0.6 is 0 Å². The summed E-state index contributed by atoms with van der Waals surface area (Å²) in [7, 11) is 1.60. The van der Waals surface area contributed by atoms with Crippen LogP contribution in [-0.4, -0.2) is 23.2 Å². The Morgan fingerprint density at radius 3 is 2.79 bits per heavy atom. The van der Waals surface area contributed by atoms with Gasteiger partial charge in [0.2, 0.25) is 0 Å². The van der Waals surface area contributed by atoms with Crippen LogP contribution in [0.4, 0.5) is 0 Å². The molecule has 3 aromatic rings. The van der Waals surface area contributed by atoms with Gasteiger partial charge < -0.3 is 19.6 Å². The fraction of sp³-hybridized carbons (Fsp3) is 0.118. The lowest BCUT2D eigenvalue weighted by molar-refractivity contribution is 0.0948. The molecule has 0 atom stereocenters. The SMILES string of the molecule is COc1ccc(-c2cc(CNC(=O)c3ccc[nH]c3=O)no2)cc1. The first-order valence-electron chi connectivity index (χ1n) is 7.23. The highest BCUT2D eigenvalue weighted by molar-refractivity contribution is 5.93. The molecule has 7 nitrogen and oxygen atoms in total. The third-order valence-electron chi connectivity index (χ3n) is 3.43. The van der Waals surface area contributed by atoms with E-state index in [4.69, 9.17) is 9.26 Å². The first-order valence-corrected chi connectivity index (χ1v) is 7.23. The number of hydrogen-bond donors (Lipinski definition) is 2. The number of amides is 1. The highest BCUT2D eigenvalue weighted by Crippen LogP contribution is 2.23. The fourth-order valence-corrected chi connectivity index (χ4v) is 2.15. The molecular weight excluding hydrogens is 310 g/mol. The van der Waals surface area contributed by atoms with Gasteiger partial charge >= 0.3 is 0 Å². The summed E-state index contributed by atoms with van der Waals surface area (Å²) < 4.78 is 10.4.